The second kappa shape index (κ2) is 10.4. The molecule has 6 nitrogen and oxygen atoms in total. The largest absolute Gasteiger partial charge is 0.341 e. The van der Waals surface area contributed by atoms with E-state index in [1.165, 1.54) is 0 Å². The monoisotopic (exact) mass is 416 g/mol. The molecule has 0 spiro atoms. The van der Waals surface area contributed by atoms with E-state index in [2.05, 4.69) is 10.3 Å². The van der Waals surface area contributed by atoms with Crippen LogP contribution >= 0.6 is 12.4 Å². The molecule has 1 unspecified atom stereocenters. The van der Waals surface area contributed by atoms with Crippen LogP contribution in [0.2, 0.25) is 0 Å². The predicted molar refractivity (Wildman–Crippen MR) is 116 cm³/mol. The molecule has 156 valence electrons. The summed E-state index contributed by atoms with van der Waals surface area (Å²) < 4.78 is 0. The molecule has 0 radical (unpaired) electrons. The van der Waals surface area contributed by atoms with Gasteiger partial charge in [-0.3, -0.25) is 14.6 Å². The van der Waals surface area contributed by atoms with E-state index in [0.717, 1.165) is 24.2 Å². The molecule has 1 aliphatic heterocycles. The van der Waals surface area contributed by atoms with Crippen molar-refractivity contribution in [2.24, 2.45) is 5.92 Å². The zero-order valence-corrected chi connectivity index (χ0v) is 18.0. The second-order valence-electron chi connectivity index (χ2n) is 7.55. The quantitative estimate of drug-likeness (QED) is 0.813. The second-order valence-corrected chi connectivity index (χ2v) is 7.55. The van der Waals surface area contributed by atoms with E-state index in [1.54, 1.807) is 18.1 Å². The maximum Gasteiger partial charge on any atom is 0.254 e. The number of rotatable bonds is 5. The number of hydrogen-bond donors (Lipinski definition) is 1. The Kier molecular flexibility index (Phi) is 8.17. The first-order chi connectivity index (χ1) is 13.5. The normalized spacial score (nSPS) is 16.3. The van der Waals surface area contributed by atoms with Crippen LogP contribution in [0.15, 0.2) is 48.8 Å². The summed E-state index contributed by atoms with van der Waals surface area (Å²) in [6.45, 7) is 6.49. The number of carbonyl (C=O) groups excluding carboxylic acids is 2. The maximum absolute atomic E-state index is 13.1. The third-order valence-electron chi connectivity index (χ3n) is 5.06. The van der Waals surface area contributed by atoms with Crippen LogP contribution in [0.5, 0.6) is 0 Å². The minimum atomic E-state index is -0.0250. The number of carbonyl (C=O) groups is 2. The number of nitrogens with zero attached hydrogens (tertiary/aromatic N) is 3. The number of nitrogens with one attached hydrogen (secondary N) is 1. The minimum Gasteiger partial charge on any atom is -0.341 e. The highest BCUT2D eigenvalue weighted by atomic mass is 35.5. The first kappa shape index (κ1) is 22.8. The van der Waals surface area contributed by atoms with Gasteiger partial charge in [-0.05, 0) is 29.3 Å². The fourth-order valence-electron chi connectivity index (χ4n) is 3.53. The van der Waals surface area contributed by atoms with Crippen molar-refractivity contribution in [3.63, 3.8) is 0 Å². The van der Waals surface area contributed by atoms with E-state index in [1.807, 2.05) is 61.3 Å². The molecule has 0 aliphatic carbocycles. The van der Waals surface area contributed by atoms with Gasteiger partial charge in [-0.1, -0.05) is 32.0 Å². The molecule has 1 aliphatic rings. The molecule has 2 heterocycles. The van der Waals surface area contributed by atoms with Crippen molar-refractivity contribution in [1.29, 1.82) is 0 Å². The predicted octanol–water partition coefficient (Wildman–Crippen LogP) is 2.90. The standard InChI is InChI=1S/C22H28N4O2.ClH/c1-16(2)21(27)25(3)15-17-6-8-18(9-7-17)22(28)26-12-11-24-14-20(26)19-5-4-10-23-13-19;/h4-10,13,16,20,24H,11-12,14-15H2,1-3H3;1H. The zero-order valence-electron chi connectivity index (χ0n) is 17.2. The van der Waals surface area contributed by atoms with E-state index >= 15 is 0 Å². The number of halogens is 1. The van der Waals surface area contributed by atoms with Crippen molar-refractivity contribution in [3.05, 3.63) is 65.5 Å². The van der Waals surface area contributed by atoms with Gasteiger partial charge < -0.3 is 15.1 Å². The van der Waals surface area contributed by atoms with Crippen LogP contribution < -0.4 is 5.32 Å². The van der Waals surface area contributed by atoms with Gasteiger partial charge in [0.1, 0.15) is 0 Å². The number of pyridine rings is 1. The number of hydrogen-bond acceptors (Lipinski definition) is 4. The van der Waals surface area contributed by atoms with Crippen LogP contribution in [-0.2, 0) is 11.3 Å². The lowest BCUT2D eigenvalue weighted by molar-refractivity contribution is -0.133. The van der Waals surface area contributed by atoms with E-state index in [4.69, 9.17) is 0 Å². The Labute approximate surface area is 178 Å². The van der Waals surface area contributed by atoms with E-state index in [0.29, 0.717) is 18.7 Å². The molecular weight excluding hydrogens is 388 g/mol. The van der Waals surface area contributed by atoms with Crippen molar-refractivity contribution >= 4 is 24.2 Å². The van der Waals surface area contributed by atoms with Crippen molar-refractivity contribution in [1.82, 2.24) is 20.1 Å². The van der Waals surface area contributed by atoms with Crippen LogP contribution in [0.3, 0.4) is 0 Å². The molecular formula is C22H29ClN4O2. The molecule has 0 bridgehead atoms. The zero-order chi connectivity index (χ0) is 20.1. The lowest BCUT2D eigenvalue weighted by Gasteiger charge is -2.36. The van der Waals surface area contributed by atoms with Gasteiger partial charge in [-0.15, -0.1) is 12.4 Å². The number of aromatic nitrogens is 1. The average Bonchev–Trinajstić information content (AvgIpc) is 2.73. The maximum atomic E-state index is 13.1. The molecule has 2 amide bonds. The van der Waals surface area contributed by atoms with Gasteiger partial charge in [0.25, 0.3) is 5.91 Å². The first-order valence-electron chi connectivity index (χ1n) is 9.73. The van der Waals surface area contributed by atoms with Gasteiger partial charge in [-0.2, -0.15) is 0 Å². The SMILES string of the molecule is CC(C)C(=O)N(C)Cc1ccc(C(=O)N2CCNCC2c2cccnc2)cc1.Cl. The molecule has 1 saturated heterocycles. The fourth-order valence-corrected chi connectivity index (χ4v) is 3.53. The number of amides is 2. The summed E-state index contributed by atoms with van der Waals surface area (Å²) in [6, 6.07) is 11.5. The topological polar surface area (TPSA) is 65.5 Å². The van der Waals surface area contributed by atoms with Crippen molar-refractivity contribution in [2.45, 2.75) is 26.4 Å². The Morgan fingerprint density at radius 2 is 1.97 bits per heavy atom. The molecule has 1 atom stereocenters. The molecule has 1 aromatic carbocycles. The highest BCUT2D eigenvalue weighted by Crippen LogP contribution is 2.23. The van der Waals surface area contributed by atoms with Gasteiger partial charge in [0.05, 0.1) is 6.04 Å². The summed E-state index contributed by atoms with van der Waals surface area (Å²) >= 11 is 0. The van der Waals surface area contributed by atoms with E-state index in [9.17, 15) is 9.59 Å². The van der Waals surface area contributed by atoms with Crippen LogP contribution in [0.4, 0.5) is 0 Å². The highest BCUT2D eigenvalue weighted by molar-refractivity contribution is 5.94. The summed E-state index contributed by atoms with van der Waals surface area (Å²) in [5.41, 5.74) is 2.71. The third-order valence-corrected chi connectivity index (χ3v) is 5.06. The van der Waals surface area contributed by atoms with Crippen molar-refractivity contribution in [3.8, 4) is 0 Å². The Balaban J connectivity index is 0.00000300. The van der Waals surface area contributed by atoms with Gasteiger partial charge in [0.2, 0.25) is 5.91 Å². The lowest BCUT2D eigenvalue weighted by Crippen LogP contribution is -2.48. The van der Waals surface area contributed by atoms with Gasteiger partial charge in [0, 0.05) is 57.1 Å². The van der Waals surface area contributed by atoms with Crippen LogP contribution in [0, 0.1) is 5.92 Å². The van der Waals surface area contributed by atoms with E-state index in [-0.39, 0.29) is 36.2 Å². The van der Waals surface area contributed by atoms with Crippen LogP contribution in [0.1, 0.15) is 41.4 Å². The minimum absolute atomic E-state index is 0. The smallest absolute Gasteiger partial charge is 0.254 e. The molecule has 1 fully saturated rings. The third kappa shape index (κ3) is 5.55. The number of piperazine rings is 1. The summed E-state index contributed by atoms with van der Waals surface area (Å²) in [7, 11) is 1.81. The summed E-state index contributed by atoms with van der Waals surface area (Å²) in [5, 5.41) is 3.36. The number of benzene rings is 1. The van der Waals surface area contributed by atoms with Gasteiger partial charge >= 0.3 is 0 Å². The fraction of sp³-hybridized carbons (Fsp3) is 0.409. The van der Waals surface area contributed by atoms with Crippen molar-refractivity contribution in [2.75, 3.05) is 26.7 Å². The summed E-state index contributed by atoms with van der Waals surface area (Å²) in [5.74, 6) is 0.108. The molecule has 7 heteroatoms. The Morgan fingerprint density at radius 1 is 1.24 bits per heavy atom. The van der Waals surface area contributed by atoms with Crippen LogP contribution in [-0.4, -0.2) is 53.3 Å². The first-order valence-corrected chi connectivity index (χ1v) is 9.73. The van der Waals surface area contributed by atoms with Gasteiger partial charge in [0.15, 0.2) is 0 Å². The summed E-state index contributed by atoms with van der Waals surface area (Å²) in [4.78, 5) is 33.0. The highest BCUT2D eigenvalue weighted by Gasteiger charge is 2.28. The van der Waals surface area contributed by atoms with Crippen molar-refractivity contribution < 1.29 is 9.59 Å². The molecule has 29 heavy (non-hydrogen) atoms. The Hall–Kier alpha value is -2.44. The Bertz CT molecular complexity index is 811. The van der Waals surface area contributed by atoms with Crippen LogP contribution in [0.25, 0.3) is 0 Å². The molecule has 1 aromatic heterocycles. The molecule has 3 rings (SSSR count). The average molecular weight is 417 g/mol. The summed E-state index contributed by atoms with van der Waals surface area (Å²) in [6.07, 6.45) is 3.56. The van der Waals surface area contributed by atoms with E-state index < -0.39 is 0 Å². The molecule has 0 saturated carbocycles. The molecule has 2 aromatic rings. The van der Waals surface area contributed by atoms with Gasteiger partial charge in [-0.25, -0.2) is 0 Å². The lowest BCUT2D eigenvalue weighted by atomic mass is 10.0. The molecule has 1 N–H and O–H groups in total. The Morgan fingerprint density at radius 3 is 2.59 bits per heavy atom.